The Balaban J connectivity index is 1.79. The number of nitrogens with two attached hydrogens (primary N) is 1. The Bertz CT molecular complexity index is 899. The van der Waals surface area contributed by atoms with Gasteiger partial charge in [0.2, 0.25) is 0 Å². The van der Waals surface area contributed by atoms with Gasteiger partial charge in [-0.1, -0.05) is 29.8 Å². The van der Waals surface area contributed by atoms with Gasteiger partial charge >= 0.3 is 0 Å². The van der Waals surface area contributed by atoms with Gasteiger partial charge in [-0.25, -0.2) is 9.97 Å². The zero-order valence-electron chi connectivity index (χ0n) is 14.6. The normalized spacial score (nSPS) is 10.4. The van der Waals surface area contributed by atoms with Gasteiger partial charge in [0.25, 0.3) is 0 Å². The lowest BCUT2D eigenvalue weighted by Crippen LogP contribution is -2.08. The van der Waals surface area contributed by atoms with E-state index in [-0.39, 0.29) is 0 Å². The van der Waals surface area contributed by atoms with E-state index in [0.717, 1.165) is 16.8 Å². The lowest BCUT2D eigenvalue weighted by atomic mass is 10.2. The number of hydrogen-bond donors (Lipinski definition) is 3. The summed E-state index contributed by atoms with van der Waals surface area (Å²) in [5, 5.41) is 7.15. The number of ether oxygens (including phenoxy) is 1. The zero-order valence-corrected chi connectivity index (χ0v) is 15.3. The summed E-state index contributed by atoms with van der Waals surface area (Å²) >= 11 is 5.91. The van der Waals surface area contributed by atoms with Crippen molar-refractivity contribution in [2.75, 3.05) is 23.5 Å². The molecule has 0 bridgehead atoms. The van der Waals surface area contributed by atoms with Gasteiger partial charge in [0, 0.05) is 11.6 Å². The standard InChI is InChI=1S/C19H20ClN5O/c1-12-3-8-16(26-2)15(9-12)25-19-17(21)18(23-11-24-19)22-10-13-4-6-14(20)7-5-13/h3-9,11H,10,21H2,1-2H3,(H2,22,23,24,25). The van der Waals surface area contributed by atoms with E-state index < -0.39 is 0 Å². The van der Waals surface area contributed by atoms with E-state index in [1.54, 1.807) is 7.11 Å². The van der Waals surface area contributed by atoms with Crippen molar-refractivity contribution in [2.24, 2.45) is 0 Å². The van der Waals surface area contributed by atoms with Gasteiger partial charge < -0.3 is 21.1 Å². The van der Waals surface area contributed by atoms with Crippen LogP contribution in [0.25, 0.3) is 0 Å². The van der Waals surface area contributed by atoms with Crippen molar-refractivity contribution in [1.82, 2.24) is 9.97 Å². The van der Waals surface area contributed by atoms with Crippen LogP contribution >= 0.6 is 11.6 Å². The van der Waals surface area contributed by atoms with Gasteiger partial charge in [-0.05, 0) is 42.3 Å². The molecule has 0 amide bonds. The first-order valence-electron chi connectivity index (χ1n) is 8.07. The van der Waals surface area contributed by atoms with E-state index in [1.165, 1.54) is 6.33 Å². The first-order valence-corrected chi connectivity index (χ1v) is 8.45. The number of aromatic nitrogens is 2. The summed E-state index contributed by atoms with van der Waals surface area (Å²) in [6, 6.07) is 13.4. The van der Waals surface area contributed by atoms with Crippen molar-refractivity contribution >= 4 is 34.6 Å². The van der Waals surface area contributed by atoms with Crippen LogP contribution < -0.4 is 21.1 Å². The van der Waals surface area contributed by atoms with Gasteiger partial charge in [0.1, 0.15) is 17.8 Å². The molecule has 1 aromatic heterocycles. The first kappa shape index (κ1) is 17.8. The second-order valence-corrected chi connectivity index (χ2v) is 6.23. The highest BCUT2D eigenvalue weighted by atomic mass is 35.5. The number of anilines is 4. The summed E-state index contributed by atoms with van der Waals surface area (Å²) in [5.74, 6) is 1.79. The number of rotatable bonds is 6. The van der Waals surface area contributed by atoms with Crippen LogP contribution in [0.15, 0.2) is 48.8 Å². The highest BCUT2D eigenvalue weighted by Gasteiger charge is 2.11. The molecular formula is C19H20ClN5O. The minimum Gasteiger partial charge on any atom is -0.495 e. The molecule has 1 heterocycles. The third-order valence-corrected chi connectivity index (χ3v) is 4.12. The second kappa shape index (κ2) is 7.93. The summed E-state index contributed by atoms with van der Waals surface area (Å²) < 4.78 is 5.38. The molecule has 2 aromatic carbocycles. The monoisotopic (exact) mass is 369 g/mol. The Morgan fingerprint density at radius 3 is 2.54 bits per heavy atom. The van der Waals surface area contributed by atoms with Crippen LogP contribution in [0.1, 0.15) is 11.1 Å². The summed E-state index contributed by atoms with van der Waals surface area (Å²) in [7, 11) is 1.62. The van der Waals surface area contributed by atoms with E-state index >= 15 is 0 Å². The van der Waals surface area contributed by atoms with Gasteiger partial charge in [-0.15, -0.1) is 0 Å². The quantitative estimate of drug-likeness (QED) is 0.597. The van der Waals surface area contributed by atoms with Crippen molar-refractivity contribution < 1.29 is 4.74 Å². The van der Waals surface area contributed by atoms with Gasteiger partial charge in [-0.2, -0.15) is 0 Å². The molecule has 3 aromatic rings. The van der Waals surface area contributed by atoms with Gasteiger partial charge in [-0.3, -0.25) is 0 Å². The van der Waals surface area contributed by atoms with Crippen LogP contribution in [0.2, 0.25) is 5.02 Å². The molecule has 0 aliphatic carbocycles. The Morgan fingerprint density at radius 1 is 1.08 bits per heavy atom. The van der Waals surface area contributed by atoms with E-state index in [1.807, 2.05) is 49.4 Å². The van der Waals surface area contributed by atoms with Crippen molar-refractivity contribution in [3.63, 3.8) is 0 Å². The molecule has 0 aliphatic rings. The number of hydrogen-bond acceptors (Lipinski definition) is 6. The van der Waals surface area contributed by atoms with E-state index in [4.69, 9.17) is 22.1 Å². The Hall–Kier alpha value is -2.99. The predicted molar refractivity (Wildman–Crippen MR) is 106 cm³/mol. The molecule has 0 aliphatic heterocycles. The van der Waals surface area contributed by atoms with Crippen LogP contribution in [-0.4, -0.2) is 17.1 Å². The van der Waals surface area contributed by atoms with Crippen molar-refractivity contribution in [3.05, 3.63) is 64.9 Å². The Morgan fingerprint density at radius 2 is 1.81 bits per heavy atom. The van der Waals surface area contributed by atoms with E-state index in [9.17, 15) is 0 Å². The molecule has 0 spiro atoms. The average molecular weight is 370 g/mol. The first-order chi connectivity index (χ1) is 12.6. The van der Waals surface area contributed by atoms with Gasteiger partial charge in [0.05, 0.1) is 12.8 Å². The summed E-state index contributed by atoms with van der Waals surface area (Å²) in [5.41, 5.74) is 9.64. The molecule has 0 radical (unpaired) electrons. The summed E-state index contributed by atoms with van der Waals surface area (Å²) in [6.45, 7) is 2.58. The van der Waals surface area contributed by atoms with Crippen LogP contribution in [0, 0.1) is 6.92 Å². The number of methoxy groups -OCH3 is 1. The Labute approximate surface area is 157 Å². The number of halogens is 1. The highest BCUT2D eigenvalue weighted by Crippen LogP contribution is 2.31. The molecular weight excluding hydrogens is 350 g/mol. The third kappa shape index (κ3) is 4.15. The van der Waals surface area contributed by atoms with Crippen LogP contribution in [0.4, 0.5) is 23.0 Å². The topological polar surface area (TPSA) is 85.1 Å². The minimum absolute atomic E-state index is 0.435. The molecule has 0 saturated carbocycles. The molecule has 6 nitrogen and oxygen atoms in total. The molecule has 0 atom stereocenters. The Kier molecular flexibility index (Phi) is 5.43. The SMILES string of the molecule is COc1ccc(C)cc1Nc1ncnc(NCc2ccc(Cl)cc2)c1N. The van der Waals surface area contributed by atoms with E-state index in [0.29, 0.717) is 34.6 Å². The zero-order chi connectivity index (χ0) is 18.5. The second-order valence-electron chi connectivity index (χ2n) is 5.79. The third-order valence-electron chi connectivity index (χ3n) is 3.87. The largest absolute Gasteiger partial charge is 0.495 e. The van der Waals surface area contributed by atoms with Crippen molar-refractivity contribution in [2.45, 2.75) is 13.5 Å². The number of nitrogens with one attached hydrogen (secondary N) is 2. The average Bonchev–Trinajstić information content (AvgIpc) is 2.64. The molecule has 0 fully saturated rings. The number of aryl methyl sites for hydroxylation is 1. The highest BCUT2D eigenvalue weighted by molar-refractivity contribution is 6.30. The molecule has 0 saturated heterocycles. The predicted octanol–water partition coefficient (Wildman–Crippen LogP) is 4.38. The van der Waals surface area contributed by atoms with Crippen LogP contribution in [0.3, 0.4) is 0 Å². The smallest absolute Gasteiger partial charge is 0.159 e. The van der Waals surface area contributed by atoms with Crippen LogP contribution in [0.5, 0.6) is 5.75 Å². The molecule has 7 heteroatoms. The fourth-order valence-corrected chi connectivity index (χ4v) is 2.60. The van der Waals surface area contributed by atoms with Crippen molar-refractivity contribution in [1.29, 1.82) is 0 Å². The maximum Gasteiger partial charge on any atom is 0.159 e. The molecule has 0 unspecified atom stereocenters. The molecule has 4 N–H and O–H groups in total. The number of nitrogens with zero attached hydrogens (tertiary/aromatic N) is 2. The van der Waals surface area contributed by atoms with Crippen molar-refractivity contribution in [3.8, 4) is 5.75 Å². The lowest BCUT2D eigenvalue weighted by Gasteiger charge is -2.15. The molecule has 134 valence electrons. The maximum atomic E-state index is 6.24. The lowest BCUT2D eigenvalue weighted by molar-refractivity contribution is 0.416. The van der Waals surface area contributed by atoms with Crippen LogP contribution in [-0.2, 0) is 6.54 Å². The molecule has 3 rings (SSSR count). The summed E-state index contributed by atoms with van der Waals surface area (Å²) in [6.07, 6.45) is 1.46. The maximum absolute atomic E-state index is 6.24. The minimum atomic E-state index is 0.435. The fraction of sp³-hybridized carbons (Fsp3) is 0.158. The van der Waals surface area contributed by atoms with Gasteiger partial charge in [0.15, 0.2) is 11.6 Å². The van der Waals surface area contributed by atoms with E-state index in [2.05, 4.69) is 20.6 Å². The fourth-order valence-electron chi connectivity index (χ4n) is 2.47. The summed E-state index contributed by atoms with van der Waals surface area (Å²) in [4.78, 5) is 8.47. The number of nitrogen functional groups attached to an aromatic ring is 1. The number of benzene rings is 2. The molecule has 26 heavy (non-hydrogen) atoms.